The van der Waals surface area contributed by atoms with Gasteiger partial charge < -0.3 is 0 Å². The highest BCUT2D eigenvalue weighted by molar-refractivity contribution is 7.89. The van der Waals surface area contributed by atoms with E-state index in [-0.39, 0.29) is 13.1 Å². The van der Waals surface area contributed by atoms with Crippen molar-refractivity contribution in [2.45, 2.75) is 50.9 Å². The average molecular weight is 305 g/mol. The molecule has 114 valence electrons. The molecule has 0 aliphatic carbocycles. The Morgan fingerprint density at radius 3 is 2.00 bits per heavy atom. The quantitative estimate of drug-likeness (QED) is 0.708. The number of hydrogen-bond donors (Lipinski definition) is 0. The lowest BCUT2D eigenvalue weighted by atomic mass is 10.1. The first kappa shape index (κ1) is 16.7. The van der Waals surface area contributed by atoms with Crippen LogP contribution in [0.3, 0.4) is 0 Å². The number of hydrogen-bond acceptors (Lipinski definition) is 2. The zero-order chi connectivity index (χ0) is 14.7. The summed E-state index contributed by atoms with van der Waals surface area (Å²) in [4.78, 5) is 0. The Morgan fingerprint density at radius 1 is 1.00 bits per heavy atom. The Balaban J connectivity index is 2.64. The molecule has 0 N–H and O–H groups in total. The summed E-state index contributed by atoms with van der Waals surface area (Å²) in [6.07, 6.45) is -0.0893. The maximum Gasteiger partial charge on any atom is 0.311 e. The standard InChI is InChI=1S/C11H19F4NO2S/c1-2-10(12,13)11(14,15)6-9-19(17,18)16-7-4-3-5-8-16/h2-9H2,1H3. The molecule has 1 heterocycles. The number of alkyl halides is 4. The zero-order valence-electron chi connectivity index (χ0n) is 10.8. The molecule has 0 bridgehead atoms. The number of rotatable bonds is 6. The van der Waals surface area contributed by atoms with Crippen LogP contribution in [0.25, 0.3) is 0 Å². The van der Waals surface area contributed by atoms with E-state index in [0.29, 0.717) is 12.8 Å². The first-order chi connectivity index (χ1) is 8.62. The summed E-state index contributed by atoms with van der Waals surface area (Å²) < 4.78 is 77.2. The van der Waals surface area contributed by atoms with Gasteiger partial charge in [0.05, 0.1) is 5.75 Å². The third kappa shape index (κ3) is 4.05. The fourth-order valence-corrected chi connectivity index (χ4v) is 3.56. The van der Waals surface area contributed by atoms with Gasteiger partial charge in [0.25, 0.3) is 0 Å². The van der Waals surface area contributed by atoms with Crippen molar-refractivity contribution in [1.29, 1.82) is 0 Å². The topological polar surface area (TPSA) is 37.4 Å². The minimum absolute atomic E-state index is 0.290. The molecule has 19 heavy (non-hydrogen) atoms. The van der Waals surface area contributed by atoms with Crippen LogP contribution in [-0.4, -0.2) is 43.4 Å². The van der Waals surface area contributed by atoms with Gasteiger partial charge in [-0.1, -0.05) is 13.3 Å². The first-order valence-electron chi connectivity index (χ1n) is 6.36. The number of sulfonamides is 1. The highest BCUT2D eigenvalue weighted by atomic mass is 32.2. The largest absolute Gasteiger partial charge is 0.311 e. The van der Waals surface area contributed by atoms with E-state index in [4.69, 9.17) is 0 Å². The van der Waals surface area contributed by atoms with Gasteiger partial charge in [0.1, 0.15) is 0 Å². The molecular weight excluding hydrogens is 286 g/mol. The highest BCUT2D eigenvalue weighted by Crippen LogP contribution is 2.39. The number of nitrogens with zero attached hydrogens (tertiary/aromatic N) is 1. The summed E-state index contributed by atoms with van der Waals surface area (Å²) in [6, 6.07) is 0. The van der Waals surface area contributed by atoms with Gasteiger partial charge in [0.2, 0.25) is 10.0 Å². The van der Waals surface area contributed by atoms with Gasteiger partial charge in [-0.15, -0.1) is 0 Å². The van der Waals surface area contributed by atoms with Crippen LogP contribution in [0.15, 0.2) is 0 Å². The molecule has 1 aliphatic rings. The van der Waals surface area contributed by atoms with E-state index in [1.54, 1.807) is 0 Å². The van der Waals surface area contributed by atoms with E-state index < -0.39 is 40.5 Å². The lowest BCUT2D eigenvalue weighted by Crippen LogP contribution is -2.43. The van der Waals surface area contributed by atoms with Gasteiger partial charge in [-0.3, -0.25) is 0 Å². The molecule has 3 nitrogen and oxygen atoms in total. The average Bonchev–Trinajstić information content (AvgIpc) is 2.37. The number of piperidine rings is 1. The second-order valence-corrected chi connectivity index (χ2v) is 6.88. The molecule has 1 fully saturated rings. The van der Waals surface area contributed by atoms with E-state index in [1.807, 2.05) is 0 Å². The summed E-state index contributed by atoms with van der Waals surface area (Å²) >= 11 is 0. The Kier molecular flexibility index (Phi) is 5.22. The van der Waals surface area contributed by atoms with Gasteiger partial charge in [0.15, 0.2) is 0 Å². The second-order valence-electron chi connectivity index (χ2n) is 4.79. The molecule has 8 heteroatoms. The SMILES string of the molecule is CCC(F)(F)C(F)(F)CCS(=O)(=O)N1CCCCC1. The molecule has 1 aliphatic heterocycles. The van der Waals surface area contributed by atoms with Crippen molar-refractivity contribution in [3.05, 3.63) is 0 Å². The van der Waals surface area contributed by atoms with E-state index in [1.165, 1.54) is 0 Å². The molecular formula is C11H19F4NO2S. The minimum Gasteiger partial charge on any atom is -0.212 e. The lowest BCUT2D eigenvalue weighted by molar-refractivity contribution is -0.210. The van der Waals surface area contributed by atoms with Crippen molar-refractivity contribution in [1.82, 2.24) is 4.31 Å². The zero-order valence-corrected chi connectivity index (χ0v) is 11.7. The van der Waals surface area contributed by atoms with Crippen molar-refractivity contribution in [3.8, 4) is 0 Å². The van der Waals surface area contributed by atoms with E-state index in [0.717, 1.165) is 17.6 Å². The summed E-state index contributed by atoms with van der Waals surface area (Å²) in [5.41, 5.74) is 0. The van der Waals surface area contributed by atoms with Crippen LogP contribution < -0.4 is 0 Å². The smallest absolute Gasteiger partial charge is 0.212 e. The molecule has 0 radical (unpaired) electrons. The highest BCUT2D eigenvalue weighted by Gasteiger charge is 2.54. The van der Waals surface area contributed by atoms with Crippen LogP contribution >= 0.6 is 0 Å². The van der Waals surface area contributed by atoms with E-state index in [9.17, 15) is 26.0 Å². The van der Waals surface area contributed by atoms with Crippen molar-refractivity contribution in [2.24, 2.45) is 0 Å². The normalized spacial score (nSPS) is 19.6. The molecule has 0 aromatic heterocycles. The molecule has 0 spiro atoms. The third-order valence-electron chi connectivity index (χ3n) is 3.36. The predicted octanol–water partition coefficient (Wildman–Crippen LogP) is 2.87. The summed E-state index contributed by atoms with van der Waals surface area (Å²) in [7, 11) is -3.87. The molecule has 0 atom stereocenters. The maximum atomic E-state index is 13.3. The molecule has 0 amide bonds. The van der Waals surface area contributed by atoms with E-state index >= 15 is 0 Å². The van der Waals surface area contributed by atoms with Crippen LogP contribution in [0, 0.1) is 0 Å². The second kappa shape index (κ2) is 5.95. The van der Waals surface area contributed by atoms with Gasteiger partial charge in [-0.25, -0.2) is 12.7 Å². The van der Waals surface area contributed by atoms with Crippen molar-refractivity contribution >= 4 is 10.0 Å². The fourth-order valence-electron chi connectivity index (χ4n) is 1.97. The third-order valence-corrected chi connectivity index (χ3v) is 5.23. The van der Waals surface area contributed by atoms with E-state index in [2.05, 4.69) is 0 Å². The molecule has 0 aromatic carbocycles. The van der Waals surface area contributed by atoms with Crippen LogP contribution in [-0.2, 0) is 10.0 Å². The first-order valence-corrected chi connectivity index (χ1v) is 7.97. The Morgan fingerprint density at radius 2 is 1.53 bits per heavy atom. The van der Waals surface area contributed by atoms with Gasteiger partial charge in [-0.2, -0.15) is 17.6 Å². The van der Waals surface area contributed by atoms with Crippen LogP contribution in [0.4, 0.5) is 17.6 Å². The monoisotopic (exact) mass is 305 g/mol. The molecule has 0 saturated carbocycles. The predicted molar refractivity (Wildman–Crippen MR) is 64.0 cm³/mol. The molecule has 1 saturated heterocycles. The van der Waals surface area contributed by atoms with Gasteiger partial charge in [-0.05, 0) is 12.8 Å². The van der Waals surface area contributed by atoms with Crippen LogP contribution in [0.2, 0.25) is 0 Å². The Labute approximate surface area is 111 Å². The Bertz CT molecular complexity index is 391. The van der Waals surface area contributed by atoms with Crippen molar-refractivity contribution < 1.29 is 26.0 Å². The van der Waals surface area contributed by atoms with Gasteiger partial charge >= 0.3 is 11.8 Å². The Hall–Kier alpha value is -0.370. The molecule has 0 unspecified atom stereocenters. The minimum atomic E-state index is -4.29. The van der Waals surface area contributed by atoms with Gasteiger partial charge in [0, 0.05) is 25.9 Å². The lowest BCUT2D eigenvalue weighted by Gasteiger charge is -2.28. The fraction of sp³-hybridized carbons (Fsp3) is 1.00. The van der Waals surface area contributed by atoms with Crippen LogP contribution in [0.5, 0.6) is 0 Å². The van der Waals surface area contributed by atoms with Crippen molar-refractivity contribution in [2.75, 3.05) is 18.8 Å². The van der Waals surface area contributed by atoms with Crippen LogP contribution in [0.1, 0.15) is 39.0 Å². The summed E-state index contributed by atoms with van der Waals surface area (Å²) in [5.74, 6) is -9.38. The van der Waals surface area contributed by atoms with Crippen molar-refractivity contribution in [3.63, 3.8) is 0 Å². The molecule has 1 rings (SSSR count). The molecule has 0 aromatic rings. The summed E-state index contributed by atoms with van der Waals surface area (Å²) in [6.45, 7) is 1.53. The summed E-state index contributed by atoms with van der Waals surface area (Å²) in [5, 5.41) is 0. The maximum absolute atomic E-state index is 13.3. The number of halogens is 4.